The van der Waals surface area contributed by atoms with Gasteiger partial charge < -0.3 is 10.2 Å². The van der Waals surface area contributed by atoms with Crippen molar-refractivity contribution in [3.63, 3.8) is 0 Å². The van der Waals surface area contributed by atoms with Gasteiger partial charge in [-0.25, -0.2) is 0 Å². The summed E-state index contributed by atoms with van der Waals surface area (Å²) in [5.41, 5.74) is 0.822. The average Bonchev–Trinajstić information content (AvgIpc) is 2.59. The minimum absolute atomic E-state index is 0.0305. The Bertz CT molecular complexity index is 518. The van der Waals surface area contributed by atoms with Crippen molar-refractivity contribution in [2.45, 2.75) is 32.7 Å². The highest BCUT2D eigenvalue weighted by molar-refractivity contribution is 9.10. The van der Waals surface area contributed by atoms with Crippen molar-refractivity contribution >= 4 is 33.4 Å². The van der Waals surface area contributed by atoms with Crippen LogP contribution in [-0.4, -0.2) is 24.4 Å². The van der Waals surface area contributed by atoms with Crippen LogP contribution in [0.1, 0.15) is 26.7 Å². The van der Waals surface area contributed by atoms with Gasteiger partial charge in [-0.3, -0.25) is 9.59 Å². The fourth-order valence-electron chi connectivity index (χ4n) is 2.33. The lowest BCUT2D eigenvalue weighted by Gasteiger charge is -2.27. The highest BCUT2D eigenvalue weighted by Gasteiger charge is 2.34. The van der Waals surface area contributed by atoms with Gasteiger partial charge in [-0.15, -0.1) is 0 Å². The number of benzene rings is 1. The van der Waals surface area contributed by atoms with Crippen molar-refractivity contribution in [3.8, 4) is 0 Å². The SMILES string of the molecule is CCC(C)C1NC(=O)CCN(c2ccccc2Br)C1=O. The zero-order valence-electron chi connectivity index (χ0n) is 11.7. The van der Waals surface area contributed by atoms with Gasteiger partial charge in [0.15, 0.2) is 0 Å². The van der Waals surface area contributed by atoms with Crippen molar-refractivity contribution in [2.75, 3.05) is 11.4 Å². The predicted octanol–water partition coefficient (Wildman–Crippen LogP) is 2.72. The first kappa shape index (κ1) is 15.0. The molecule has 2 amide bonds. The molecule has 2 rings (SSSR count). The monoisotopic (exact) mass is 338 g/mol. The molecule has 0 radical (unpaired) electrons. The van der Waals surface area contributed by atoms with Crippen molar-refractivity contribution in [1.82, 2.24) is 5.32 Å². The summed E-state index contributed by atoms with van der Waals surface area (Å²) in [5, 5.41) is 2.85. The number of amides is 2. The van der Waals surface area contributed by atoms with Gasteiger partial charge in [0.1, 0.15) is 6.04 Å². The Morgan fingerprint density at radius 3 is 2.75 bits per heavy atom. The lowest BCUT2D eigenvalue weighted by atomic mass is 9.98. The summed E-state index contributed by atoms with van der Waals surface area (Å²) in [7, 11) is 0. The molecule has 1 heterocycles. The molecule has 2 atom stereocenters. The molecule has 1 aromatic rings. The Kier molecular flexibility index (Phi) is 4.81. The number of anilines is 1. The number of rotatable bonds is 3. The number of para-hydroxylation sites is 1. The van der Waals surface area contributed by atoms with Gasteiger partial charge in [-0.05, 0) is 34.0 Å². The van der Waals surface area contributed by atoms with E-state index in [2.05, 4.69) is 21.2 Å². The van der Waals surface area contributed by atoms with Crippen LogP contribution in [0.15, 0.2) is 28.7 Å². The van der Waals surface area contributed by atoms with E-state index < -0.39 is 6.04 Å². The Morgan fingerprint density at radius 1 is 1.40 bits per heavy atom. The zero-order valence-corrected chi connectivity index (χ0v) is 13.3. The fraction of sp³-hybridized carbons (Fsp3) is 0.467. The van der Waals surface area contributed by atoms with E-state index >= 15 is 0 Å². The van der Waals surface area contributed by atoms with Crippen LogP contribution in [0.2, 0.25) is 0 Å². The van der Waals surface area contributed by atoms with E-state index in [0.717, 1.165) is 16.6 Å². The van der Waals surface area contributed by atoms with Gasteiger partial charge in [0.25, 0.3) is 0 Å². The van der Waals surface area contributed by atoms with Crippen molar-refractivity contribution in [1.29, 1.82) is 0 Å². The Balaban J connectivity index is 2.35. The zero-order chi connectivity index (χ0) is 14.7. The van der Waals surface area contributed by atoms with E-state index in [9.17, 15) is 9.59 Å². The van der Waals surface area contributed by atoms with Crippen LogP contribution in [0.5, 0.6) is 0 Å². The highest BCUT2D eigenvalue weighted by atomic mass is 79.9. The van der Waals surface area contributed by atoms with Crippen LogP contribution in [0.25, 0.3) is 0 Å². The molecule has 1 saturated heterocycles. The van der Waals surface area contributed by atoms with Crippen molar-refractivity contribution in [3.05, 3.63) is 28.7 Å². The quantitative estimate of drug-likeness (QED) is 0.921. The van der Waals surface area contributed by atoms with Gasteiger partial charge in [0.05, 0.1) is 5.69 Å². The number of halogens is 1. The van der Waals surface area contributed by atoms with Crippen LogP contribution < -0.4 is 10.2 Å². The van der Waals surface area contributed by atoms with Gasteiger partial charge in [0.2, 0.25) is 11.8 Å². The summed E-state index contributed by atoms with van der Waals surface area (Å²) >= 11 is 3.47. The molecule has 2 unspecified atom stereocenters. The first-order valence-corrected chi connectivity index (χ1v) is 7.69. The number of carbonyl (C=O) groups excluding carboxylic acids is 2. The number of nitrogens with one attached hydrogen (secondary N) is 1. The second-order valence-electron chi connectivity index (χ2n) is 5.12. The van der Waals surface area contributed by atoms with Gasteiger partial charge in [-0.2, -0.15) is 0 Å². The van der Waals surface area contributed by atoms with Crippen LogP contribution in [0, 0.1) is 5.92 Å². The summed E-state index contributed by atoms with van der Waals surface area (Å²) < 4.78 is 0.866. The number of hydrogen-bond donors (Lipinski definition) is 1. The predicted molar refractivity (Wildman–Crippen MR) is 82.5 cm³/mol. The summed E-state index contributed by atoms with van der Waals surface area (Å²) in [6, 6.07) is 7.16. The minimum atomic E-state index is -0.442. The molecule has 20 heavy (non-hydrogen) atoms. The minimum Gasteiger partial charge on any atom is -0.344 e. The topological polar surface area (TPSA) is 49.4 Å². The molecule has 1 aliphatic rings. The van der Waals surface area contributed by atoms with Crippen molar-refractivity contribution in [2.24, 2.45) is 5.92 Å². The number of carbonyl (C=O) groups is 2. The maximum Gasteiger partial charge on any atom is 0.249 e. The smallest absolute Gasteiger partial charge is 0.249 e. The normalized spacial score (nSPS) is 21.4. The second kappa shape index (κ2) is 6.39. The molecule has 1 fully saturated rings. The van der Waals surface area contributed by atoms with E-state index in [1.807, 2.05) is 38.1 Å². The number of nitrogens with zero attached hydrogens (tertiary/aromatic N) is 1. The lowest BCUT2D eigenvalue weighted by Crippen LogP contribution is -2.48. The Labute approximate surface area is 127 Å². The standard InChI is InChI=1S/C15H19BrN2O2/c1-3-10(2)14-15(20)18(9-8-13(19)17-14)12-7-5-4-6-11(12)16/h4-7,10,14H,3,8-9H2,1-2H3,(H,17,19). The molecule has 0 aliphatic carbocycles. The van der Waals surface area contributed by atoms with Crippen LogP contribution in [-0.2, 0) is 9.59 Å². The van der Waals surface area contributed by atoms with Gasteiger partial charge in [-0.1, -0.05) is 32.4 Å². The summed E-state index contributed by atoms with van der Waals surface area (Å²) in [6.45, 7) is 4.43. The highest BCUT2D eigenvalue weighted by Crippen LogP contribution is 2.28. The molecule has 1 aromatic carbocycles. The molecule has 108 valence electrons. The maximum absolute atomic E-state index is 12.7. The first-order valence-electron chi connectivity index (χ1n) is 6.89. The van der Waals surface area contributed by atoms with Crippen molar-refractivity contribution < 1.29 is 9.59 Å². The summed E-state index contributed by atoms with van der Waals surface area (Å²) in [5.74, 6) is 0.0323. The summed E-state index contributed by atoms with van der Waals surface area (Å²) in [6.07, 6.45) is 1.18. The molecule has 1 N–H and O–H groups in total. The first-order chi connectivity index (χ1) is 9.54. The summed E-state index contributed by atoms with van der Waals surface area (Å²) in [4.78, 5) is 26.3. The molecule has 0 saturated carbocycles. The Hall–Kier alpha value is -1.36. The van der Waals surface area contributed by atoms with Gasteiger partial charge in [0, 0.05) is 17.4 Å². The lowest BCUT2D eigenvalue weighted by molar-refractivity contribution is -0.126. The molecule has 4 nitrogen and oxygen atoms in total. The molecule has 0 spiro atoms. The molecular formula is C15H19BrN2O2. The van der Waals surface area contributed by atoms with Crippen LogP contribution in [0.3, 0.4) is 0 Å². The van der Waals surface area contributed by atoms with Crippen LogP contribution >= 0.6 is 15.9 Å². The molecule has 0 aromatic heterocycles. The molecule has 0 bridgehead atoms. The van der Waals surface area contributed by atoms with Crippen LogP contribution in [0.4, 0.5) is 5.69 Å². The van der Waals surface area contributed by atoms with E-state index in [1.165, 1.54) is 0 Å². The molecular weight excluding hydrogens is 320 g/mol. The van der Waals surface area contributed by atoms with Gasteiger partial charge >= 0.3 is 0 Å². The third-order valence-corrected chi connectivity index (χ3v) is 4.44. The number of hydrogen-bond acceptors (Lipinski definition) is 2. The maximum atomic E-state index is 12.7. The average molecular weight is 339 g/mol. The molecule has 1 aliphatic heterocycles. The molecule has 5 heteroatoms. The van der Waals surface area contributed by atoms with E-state index in [-0.39, 0.29) is 17.7 Å². The second-order valence-corrected chi connectivity index (χ2v) is 5.98. The third kappa shape index (κ3) is 3.03. The van der Waals surface area contributed by atoms with E-state index in [1.54, 1.807) is 4.90 Å². The van der Waals surface area contributed by atoms with E-state index in [4.69, 9.17) is 0 Å². The largest absolute Gasteiger partial charge is 0.344 e. The Morgan fingerprint density at radius 2 is 2.10 bits per heavy atom. The fourth-order valence-corrected chi connectivity index (χ4v) is 2.83. The van der Waals surface area contributed by atoms with E-state index in [0.29, 0.717) is 13.0 Å². The third-order valence-electron chi connectivity index (χ3n) is 3.77.